The van der Waals surface area contributed by atoms with Crippen LogP contribution in [-0.2, 0) is 4.79 Å². The van der Waals surface area contributed by atoms with Crippen LogP contribution in [0.15, 0.2) is 24.3 Å². The van der Waals surface area contributed by atoms with Crippen molar-refractivity contribution in [3.05, 3.63) is 24.3 Å². The molecule has 0 aliphatic carbocycles. The lowest BCUT2D eigenvalue weighted by molar-refractivity contribution is -0.132. The first-order chi connectivity index (χ1) is 9.56. The maximum atomic E-state index is 11.1. The number of hydrogen-bond acceptors (Lipinski definition) is 4. The third-order valence-corrected chi connectivity index (χ3v) is 3.64. The lowest BCUT2D eigenvalue weighted by atomic mass is 10.0. The first-order valence-corrected chi connectivity index (χ1v) is 7.19. The van der Waals surface area contributed by atoms with Crippen LogP contribution in [0.25, 0.3) is 0 Å². The van der Waals surface area contributed by atoms with E-state index in [0.717, 1.165) is 25.9 Å². The Balaban J connectivity index is 2.10. The summed E-state index contributed by atoms with van der Waals surface area (Å²) in [5.74, 6) is 1.29. The van der Waals surface area contributed by atoms with Crippen LogP contribution in [0.3, 0.4) is 0 Å². The van der Waals surface area contributed by atoms with Crippen LogP contribution in [0.4, 0.5) is 0 Å². The van der Waals surface area contributed by atoms with Crippen LogP contribution < -0.4 is 9.47 Å². The highest BCUT2D eigenvalue weighted by Gasteiger charge is 2.24. The van der Waals surface area contributed by atoms with Gasteiger partial charge in [-0.05, 0) is 38.6 Å². The minimum Gasteiger partial charge on any atom is -0.486 e. The fraction of sp³-hybridized carbons (Fsp3) is 0.562. The smallest absolute Gasteiger partial charge is 0.308 e. The average Bonchev–Trinajstić information content (AvgIpc) is 2.53. The Morgan fingerprint density at radius 3 is 2.70 bits per heavy atom. The van der Waals surface area contributed by atoms with Gasteiger partial charge in [-0.3, -0.25) is 4.79 Å². The quantitative estimate of drug-likeness (QED) is 0.629. The number of likely N-dealkylation sites (tertiary alicyclic amines) is 1. The van der Waals surface area contributed by atoms with Crippen LogP contribution in [-0.4, -0.2) is 37.1 Å². The van der Waals surface area contributed by atoms with Gasteiger partial charge < -0.3 is 14.4 Å². The zero-order chi connectivity index (χ0) is 14.5. The van der Waals surface area contributed by atoms with Gasteiger partial charge in [-0.2, -0.15) is 0 Å². The highest BCUT2D eigenvalue weighted by Crippen LogP contribution is 2.30. The molecule has 1 aromatic carbocycles. The van der Waals surface area contributed by atoms with Gasteiger partial charge in [0.25, 0.3) is 0 Å². The summed E-state index contributed by atoms with van der Waals surface area (Å²) in [5.41, 5.74) is 0. The van der Waals surface area contributed by atoms with Gasteiger partial charge >= 0.3 is 5.97 Å². The Morgan fingerprint density at radius 2 is 2.00 bits per heavy atom. The van der Waals surface area contributed by atoms with Gasteiger partial charge in [0, 0.05) is 19.4 Å². The molecule has 2 unspecified atom stereocenters. The van der Waals surface area contributed by atoms with Crippen molar-refractivity contribution in [2.45, 2.75) is 32.8 Å². The second-order valence-electron chi connectivity index (χ2n) is 5.58. The third-order valence-electron chi connectivity index (χ3n) is 3.64. The topological polar surface area (TPSA) is 38.8 Å². The van der Waals surface area contributed by atoms with E-state index in [-0.39, 0.29) is 12.1 Å². The summed E-state index contributed by atoms with van der Waals surface area (Å²) in [5, 5.41) is 0. The van der Waals surface area contributed by atoms with E-state index < -0.39 is 0 Å². The normalized spacial score (nSPS) is 23.9. The van der Waals surface area contributed by atoms with Crippen molar-refractivity contribution in [2.24, 2.45) is 5.92 Å². The predicted octanol–water partition coefficient (Wildman–Crippen LogP) is 2.72. The molecule has 4 heteroatoms. The highest BCUT2D eigenvalue weighted by atomic mass is 16.6. The Kier molecular flexibility index (Phi) is 5.01. The molecule has 0 N–H and O–H groups in total. The molecule has 2 rings (SSSR count). The molecule has 0 bridgehead atoms. The number of para-hydroxylation sites is 2. The summed E-state index contributed by atoms with van der Waals surface area (Å²) in [6.07, 6.45) is 2.32. The van der Waals surface area contributed by atoms with Crippen LogP contribution in [0.1, 0.15) is 26.7 Å². The van der Waals surface area contributed by atoms with Crippen molar-refractivity contribution >= 4 is 5.97 Å². The van der Waals surface area contributed by atoms with Crippen molar-refractivity contribution in [2.75, 3.05) is 20.1 Å². The molecule has 2 atom stereocenters. The summed E-state index contributed by atoms with van der Waals surface area (Å²) < 4.78 is 11.3. The lowest BCUT2D eigenvalue weighted by Gasteiger charge is -2.25. The SMILES string of the molecule is CC(=O)Oc1ccccc1OC1CCCN(C)CC1C. The number of hydrogen-bond donors (Lipinski definition) is 0. The van der Waals surface area contributed by atoms with E-state index in [1.807, 2.05) is 18.2 Å². The average molecular weight is 277 g/mol. The summed E-state index contributed by atoms with van der Waals surface area (Å²) >= 11 is 0. The second-order valence-corrected chi connectivity index (χ2v) is 5.58. The molecule has 20 heavy (non-hydrogen) atoms. The van der Waals surface area contributed by atoms with Gasteiger partial charge in [0.05, 0.1) is 0 Å². The van der Waals surface area contributed by atoms with E-state index in [1.165, 1.54) is 6.92 Å². The van der Waals surface area contributed by atoms with Crippen molar-refractivity contribution in [1.82, 2.24) is 4.90 Å². The van der Waals surface area contributed by atoms with E-state index in [9.17, 15) is 4.79 Å². The van der Waals surface area contributed by atoms with Gasteiger partial charge in [-0.15, -0.1) is 0 Å². The number of carbonyl (C=O) groups is 1. The van der Waals surface area contributed by atoms with E-state index in [1.54, 1.807) is 6.07 Å². The minimum atomic E-state index is -0.324. The van der Waals surface area contributed by atoms with E-state index in [2.05, 4.69) is 18.9 Å². The van der Waals surface area contributed by atoms with Crippen LogP contribution in [0.5, 0.6) is 11.5 Å². The first kappa shape index (κ1) is 14.9. The van der Waals surface area contributed by atoms with Gasteiger partial charge in [0.2, 0.25) is 0 Å². The van der Waals surface area contributed by atoms with Gasteiger partial charge in [0.15, 0.2) is 11.5 Å². The molecule has 1 aliphatic heterocycles. The number of carbonyl (C=O) groups excluding carboxylic acids is 1. The Labute approximate surface area is 120 Å². The van der Waals surface area contributed by atoms with E-state index >= 15 is 0 Å². The molecule has 0 aromatic heterocycles. The molecule has 1 aromatic rings. The van der Waals surface area contributed by atoms with Crippen molar-refractivity contribution < 1.29 is 14.3 Å². The Bertz CT molecular complexity index is 461. The molecular formula is C16H23NO3. The minimum absolute atomic E-state index is 0.164. The van der Waals surface area contributed by atoms with Crippen LogP contribution in [0.2, 0.25) is 0 Å². The summed E-state index contributed by atoms with van der Waals surface area (Å²) in [6.45, 7) is 5.75. The fourth-order valence-electron chi connectivity index (χ4n) is 2.67. The summed E-state index contributed by atoms with van der Waals surface area (Å²) in [6, 6.07) is 7.37. The largest absolute Gasteiger partial charge is 0.486 e. The highest BCUT2D eigenvalue weighted by molar-refractivity contribution is 5.70. The second kappa shape index (κ2) is 6.75. The lowest BCUT2D eigenvalue weighted by Crippen LogP contribution is -2.30. The Hall–Kier alpha value is -1.55. The summed E-state index contributed by atoms with van der Waals surface area (Å²) in [4.78, 5) is 13.5. The predicted molar refractivity (Wildman–Crippen MR) is 78.1 cm³/mol. The van der Waals surface area contributed by atoms with Gasteiger partial charge in [0.1, 0.15) is 6.10 Å². The molecule has 0 spiro atoms. The number of benzene rings is 1. The van der Waals surface area contributed by atoms with Crippen molar-refractivity contribution in [3.63, 3.8) is 0 Å². The summed E-state index contributed by atoms with van der Waals surface area (Å²) in [7, 11) is 2.14. The molecule has 0 saturated carbocycles. The molecule has 1 fully saturated rings. The Morgan fingerprint density at radius 1 is 1.30 bits per heavy atom. The monoisotopic (exact) mass is 277 g/mol. The van der Waals surface area contributed by atoms with Gasteiger partial charge in [-0.25, -0.2) is 0 Å². The number of esters is 1. The van der Waals surface area contributed by atoms with E-state index in [4.69, 9.17) is 9.47 Å². The maximum Gasteiger partial charge on any atom is 0.308 e. The van der Waals surface area contributed by atoms with Crippen molar-refractivity contribution in [1.29, 1.82) is 0 Å². The van der Waals surface area contributed by atoms with Crippen LogP contribution >= 0.6 is 0 Å². The van der Waals surface area contributed by atoms with Crippen molar-refractivity contribution in [3.8, 4) is 11.5 Å². The number of ether oxygens (including phenoxy) is 2. The zero-order valence-corrected chi connectivity index (χ0v) is 12.5. The fourth-order valence-corrected chi connectivity index (χ4v) is 2.67. The molecule has 4 nitrogen and oxygen atoms in total. The first-order valence-electron chi connectivity index (χ1n) is 7.19. The molecule has 0 radical (unpaired) electrons. The van der Waals surface area contributed by atoms with Crippen LogP contribution in [0, 0.1) is 5.92 Å². The molecule has 1 aliphatic rings. The molecule has 1 saturated heterocycles. The standard InChI is InChI=1S/C16H23NO3/c1-12-11-17(3)10-6-9-14(12)20-16-8-5-4-7-15(16)19-13(2)18/h4-5,7-8,12,14H,6,9-11H2,1-3H3. The number of rotatable bonds is 3. The molecule has 0 amide bonds. The van der Waals surface area contributed by atoms with E-state index in [0.29, 0.717) is 17.4 Å². The third kappa shape index (κ3) is 3.97. The molecular weight excluding hydrogens is 254 g/mol. The molecule has 110 valence electrons. The zero-order valence-electron chi connectivity index (χ0n) is 12.5. The number of nitrogens with zero attached hydrogens (tertiary/aromatic N) is 1. The molecule has 1 heterocycles. The van der Waals surface area contributed by atoms with Gasteiger partial charge in [-0.1, -0.05) is 19.1 Å². The maximum absolute atomic E-state index is 11.1.